The van der Waals surface area contributed by atoms with Gasteiger partial charge in [0.05, 0.1) is 0 Å². The van der Waals surface area contributed by atoms with Gasteiger partial charge in [-0.2, -0.15) is 4.98 Å². The van der Waals surface area contributed by atoms with E-state index in [0.717, 1.165) is 0 Å². The Hall–Kier alpha value is -1.39. The molecule has 1 aromatic heterocycles. The third kappa shape index (κ3) is 2.34. The summed E-state index contributed by atoms with van der Waals surface area (Å²) in [5, 5.41) is 5.59. The molecule has 1 aromatic rings. The molecule has 1 rings (SSSR count). The highest BCUT2D eigenvalue weighted by Gasteiger charge is 1.94. The first-order valence-corrected chi connectivity index (χ1v) is 3.67. The molecule has 0 fully saturated rings. The fourth-order valence-corrected chi connectivity index (χ4v) is 0.753. The maximum absolute atomic E-state index is 11.7. The van der Waals surface area contributed by atoms with Crippen LogP contribution in [0.1, 0.15) is 0 Å². The number of nitrogens with zero attached hydrogens (tertiary/aromatic N) is 2. The second-order valence-corrected chi connectivity index (χ2v) is 2.13. The molecule has 0 amide bonds. The number of hydrogen-bond acceptors (Lipinski definition) is 4. The molecule has 0 aliphatic heterocycles. The van der Waals surface area contributed by atoms with Crippen LogP contribution in [0.3, 0.4) is 0 Å². The summed E-state index contributed by atoms with van der Waals surface area (Å²) >= 11 is 0. The van der Waals surface area contributed by atoms with Gasteiger partial charge in [-0.25, -0.2) is 9.37 Å². The van der Waals surface area contributed by atoms with Gasteiger partial charge in [-0.3, -0.25) is 0 Å². The molecule has 0 aliphatic carbocycles. The van der Waals surface area contributed by atoms with Gasteiger partial charge < -0.3 is 10.6 Å². The number of anilines is 2. The topological polar surface area (TPSA) is 49.8 Å². The monoisotopic (exact) mass is 170 g/mol. The Kier molecular flexibility index (Phi) is 3.25. The van der Waals surface area contributed by atoms with Gasteiger partial charge in [0, 0.05) is 19.8 Å². The zero-order chi connectivity index (χ0) is 8.81. The van der Waals surface area contributed by atoms with Gasteiger partial charge in [-0.05, 0) is 6.07 Å². The van der Waals surface area contributed by atoms with Crippen LogP contribution in [0.15, 0.2) is 12.3 Å². The van der Waals surface area contributed by atoms with Crippen molar-refractivity contribution in [3.63, 3.8) is 0 Å². The number of rotatable bonds is 4. The van der Waals surface area contributed by atoms with Crippen LogP contribution in [0.4, 0.5) is 16.2 Å². The van der Waals surface area contributed by atoms with Crippen molar-refractivity contribution >= 4 is 11.8 Å². The minimum atomic E-state index is -0.404. The lowest BCUT2D eigenvalue weighted by atomic mass is 10.5. The van der Waals surface area contributed by atoms with Crippen LogP contribution in [-0.4, -0.2) is 30.2 Å². The Morgan fingerprint density at radius 3 is 3.08 bits per heavy atom. The first-order valence-electron chi connectivity index (χ1n) is 3.67. The number of alkyl halides is 1. The Morgan fingerprint density at radius 1 is 1.58 bits per heavy atom. The molecule has 0 radical (unpaired) electrons. The lowest BCUT2D eigenvalue weighted by molar-refractivity contribution is 0.512. The Labute approximate surface area is 70.2 Å². The molecule has 0 aromatic carbocycles. The molecule has 0 bridgehead atoms. The molecule has 0 unspecified atom stereocenters. The summed E-state index contributed by atoms with van der Waals surface area (Å²) < 4.78 is 11.7. The molecule has 12 heavy (non-hydrogen) atoms. The van der Waals surface area contributed by atoms with Crippen molar-refractivity contribution in [2.24, 2.45) is 0 Å². The first kappa shape index (κ1) is 8.70. The highest BCUT2D eigenvalue weighted by Crippen LogP contribution is 2.03. The van der Waals surface area contributed by atoms with Crippen molar-refractivity contribution in [1.82, 2.24) is 9.97 Å². The molecular weight excluding hydrogens is 159 g/mol. The van der Waals surface area contributed by atoms with E-state index < -0.39 is 6.67 Å². The minimum absolute atomic E-state index is 0.278. The lowest BCUT2D eigenvalue weighted by Crippen LogP contribution is -2.06. The smallest absolute Gasteiger partial charge is 0.224 e. The normalized spacial score (nSPS) is 9.50. The van der Waals surface area contributed by atoms with Gasteiger partial charge >= 0.3 is 0 Å². The highest BCUT2D eigenvalue weighted by atomic mass is 19.1. The van der Waals surface area contributed by atoms with E-state index in [4.69, 9.17) is 0 Å². The fraction of sp³-hybridized carbons (Fsp3) is 0.429. The van der Waals surface area contributed by atoms with Crippen LogP contribution >= 0.6 is 0 Å². The molecule has 5 heteroatoms. The molecule has 1 heterocycles. The lowest BCUT2D eigenvalue weighted by Gasteiger charge is -2.03. The van der Waals surface area contributed by atoms with Crippen LogP contribution in [0.2, 0.25) is 0 Å². The van der Waals surface area contributed by atoms with E-state index in [-0.39, 0.29) is 6.54 Å². The Morgan fingerprint density at radius 2 is 2.42 bits per heavy atom. The van der Waals surface area contributed by atoms with Gasteiger partial charge in [0.15, 0.2) is 0 Å². The number of hydrogen-bond donors (Lipinski definition) is 2. The van der Waals surface area contributed by atoms with Crippen molar-refractivity contribution in [3.8, 4) is 0 Å². The van der Waals surface area contributed by atoms with E-state index in [1.54, 1.807) is 19.3 Å². The maximum Gasteiger partial charge on any atom is 0.224 e. The predicted octanol–water partition coefficient (Wildman–Crippen LogP) is 0.900. The maximum atomic E-state index is 11.7. The van der Waals surface area contributed by atoms with Gasteiger partial charge in [-0.1, -0.05) is 0 Å². The Bertz CT molecular complexity index is 241. The summed E-state index contributed by atoms with van der Waals surface area (Å²) in [6.07, 6.45) is 1.61. The third-order valence-electron chi connectivity index (χ3n) is 1.28. The molecular formula is C7H11FN4. The number of halogens is 1. The minimum Gasteiger partial charge on any atom is -0.367 e. The van der Waals surface area contributed by atoms with Gasteiger partial charge in [0.25, 0.3) is 0 Å². The summed E-state index contributed by atoms with van der Waals surface area (Å²) in [5.74, 6) is 1.16. The van der Waals surface area contributed by atoms with Crippen molar-refractivity contribution in [1.29, 1.82) is 0 Å². The van der Waals surface area contributed by atoms with Crippen LogP contribution in [-0.2, 0) is 0 Å². The second-order valence-electron chi connectivity index (χ2n) is 2.13. The molecule has 0 saturated carbocycles. The zero-order valence-electron chi connectivity index (χ0n) is 6.84. The zero-order valence-corrected chi connectivity index (χ0v) is 6.84. The SMILES string of the molecule is CNc1nccc(NCCF)n1. The standard InChI is InChI=1S/C7H11FN4/c1-9-7-11-4-2-6(12-7)10-5-3-8/h2,4H,3,5H2,1H3,(H2,9,10,11,12). The summed E-state index contributed by atoms with van der Waals surface area (Å²) in [7, 11) is 1.73. The molecule has 2 N–H and O–H groups in total. The van der Waals surface area contributed by atoms with Crippen LogP contribution in [0.25, 0.3) is 0 Å². The largest absolute Gasteiger partial charge is 0.367 e. The molecule has 0 atom stereocenters. The molecule has 0 saturated heterocycles. The summed E-state index contributed by atoms with van der Waals surface area (Å²) in [5.41, 5.74) is 0. The van der Waals surface area contributed by atoms with Gasteiger partial charge in [-0.15, -0.1) is 0 Å². The summed E-state index contributed by atoms with van der Waals surface area (Å²) in [4.78, 5) is 7.94. The molecule has 4 nitrogen and oxygen atoms in total. The van der Waals surface area contributed by atoms with E-state index in [1.165, 1.54) is 0 Å². The van der Waals surface area contributed by atoms with E-state index in [9.17, 15) is 4.39 Å². The van der Waals surface area contributed by atoms with Crippen LogP contribution < -0.4 is 10.6 Å². The van der Waals surface area contributed by atoms with Gasteiger partial charge in [0.2, 0.25) is 5.95 Å². The van der Waals surface area contributed by atoms with Crippen molar-refractivity contribution in [3.05, 3.63) is 12.3 Å². The van der Waals surface area contributed by atoms with E-state index in [0.29, 0.717) is 11.8 Å². The number of aromatic nitrogens is 2. The quantitative estimate of drug-likeness (QED) is 0.704. The van der Waals surface area contributed by atoms with E-state index >= 15 is 0 Å². The van der Waals surface area contributed by atoms with Crippen molar-refractivity contribution < 1.29 is 4.39 Å². The molecule has 0 spiro atoms. The average molecular weight is 170 g/mol. The van der Waals surface area contributed by atoms with E-state index in [1.807, 2.05) is 0 Å². The molecule has 66 valence electrons. The Balaban J connectivity index is 2.60. The highest BCUT2D eigenvalue weighted by molar-refractivity contribution is 5.38. The third-order valence-corrected chi connectivity index (χ3v) is 1.28. The van der Waals surface area contributed by atoms with E-state index in [2.05, 4.69) is 20.6 Å². The summed E-state index contributed by atoms with van der Waals surface area (Å²) in [6.45, 7) is -0.126. The molecule has 0 aliphatic rings. The summed E-state index contributed by atoms with van der Waals surface area (Å²) in [6, 6.07) is 1.69. The van der Waals surface area contributed by atoms with Crippen molar-refractivity contribution in [2.45, 2.75) is 0 Å². The fourth-order valence-electron chi connectivity index (χ4n) is 0.753. The van der Waals surface area contributed by atoms with Crippen LogP contribution in [0.5, 0.6) is 0 Å². The van der Waals surface area contributed by atoms with Gasteiger partial charge in [0.1, 0.15) is 12.5 Å². The first-order chi connectivity index (χ1) is 5.86. The van der Waals surface area contributed by atoms with Crippen LogP contribution in [0, 0.1) is 0 Å². The second kappa shape index (κ2) is 4.48. The number of nitrogens with one attached hydrogen (secondary N) is 2. The predicted molar refractivity (Wildman–Crippen MR) is 46.0 cm³/mol. The van der Waals surface area contributed by atoms with Crippen molar-refractivity contribution in [2.75, 3.05) is 30.9 Å². The average Bonchev–Trinajstić information content (AvgIpc) is 2.15.